The van der Waals surface area contributed by atoms with Crippen molar-refractivity contribution in [2.45, 2.75) is 32.3 Å². The first-order valence-electron chi connectivity index (χ1n) is 5.69. The van der Waals surface area contributed by atoms with Gasteiger partial charge in [0.25, 0.3) is 0 Å². The molecule has 3 nitrogen and oxygen atoms in total. The average Bonchev–Trinajstić information content (AvgIpc) is 2.24. The fourth-order valence-corrected chi connectivity index (χ4v) is 3.09. The SMILES string of the molecule is COC(=O)OCc1cccc(C[Si](C)(C)C)c1. The largest absolute Gasteiger partial charge is 0.508 e. The molecule has 1 aromatic rings. The summed E-state index contributed by atoms with van der Waals surface area (Å²) in [5.41, 5.74) is 2.32. The van der Waals surface area contributed by atoms with Crippen LogP contribution in [0.5, 0.6) is 0 Å². The lowest BCUT2D eigenvalue weighted by molar-refractivity contribution is 0.0669. The summed E-state index contributed by atoms with van der Waals surface area (Å²) in [7, 11) is 0.204. The van der Waals surface area contributed by atoms with Crippen LogP contribution in [0.15, 0.2) is 24.3 Å². The summed E-state index contributed by atoms with van der Waals surface area (Å²) in [4.78, 5) is 10.9. The molecule has 0 aliphatic carbocycles. The molecule has 0 aromatic heterocycles. The number of methoxy groups -OCH3 is 1. The average molecular weight is 252 g/mol. The topological polar surface area (TPSA) is 35.5 Å². The zero-order valence-corrected chi connectivity index (χ0v) is 11.9. The quantitative estimate of drug-likeness (QED) is 0.608. The van der Waals surface area contributed by atoms with Crippen molar-refractivity contribution < 1.29 is 14.3 Å². The van der Waals surface area contributed by atoms with Gasteiger partial charge in [0.15, 0.2) is 0 Å². The molecule has 0 heterocycles. The van der Waals surface area contributed by atoms with Crippen LogP contribution in [0.1, 0.15) is 11.1 Å². The van der Waals surface area contributed by atoms with Gasteiger partial charge in [-0.2, -0.15) is 0 Å². The normalized spacial score (nSPS) is 11.1. The Morgan fingerprint density at radius 2 is 1.88 bits per heavy atom. The molecule has 0 unspecified atom stereocenters. The van der Waals surface area contributed by atoms with Crippen LogP contribution in [0.4, 0.5) is 4.79 Å². The molecule has 94 valence electrons. The summed E-state index contributed by atoms with van der Waals surface area (Å²) in [6.07, 6.45) is -0.638. The van der Waals surface area contributed by atoms with Crippen molar-refractivity contribution in [2.24, 2.45) is 0 Å². The first-order valence-corrected chi connectivity index (χ1v) is 9.40. The highest BCUT2D eigenvalue weighted by Gasteiger charge is 2.13. The zero-order chi connectivity index (χ0) is 12.9. The minimum Gasteiger partial charge on any atom is -0.438 e. The van der Waals surface area contributed by atoms with Crippen molar-refractivity contribution in [3.8, 4) is 0 Å². The minimum atomic E-state index is -1.11. The van der Waals surface area contributed by atoms with Crippen LogP contribution in [0.2, 0.25) is 19.6 Å². The fourth-order valence-electron chi connectivity index (χ4n) is 1.64. The van der Waals surface area contributed by atoms with Gasteiger partial charge in [0.2, 0.25) is 0 Å². The van der Waals surface area contributed by atoms with Gasteiger partial charge in [0.05, 0.1) is 7.11 Å². The van der Waals surface area contributed by atoms with Crippen molar-refractivity contribution in [3.05, 3.63) is 35.4 Å². The monoisotopic (exact) mass is 252 g/mol. The molecule has 0 saturated carbocycles. The molecule has 0 bridgehead atoms. The standard InChI is InChI=1S/C13H20O3Si/c1-15-13(14)16-9-11-6-5-7-12(8-11)10-17(2,3)4/h5-8H,9-10H2,1-4H3. The smallest absolute Gasteiger partial charge is 0.438 e. The molecular formula is C13H20O3Si. The molecule has 0 radical (unpaired) electrons. The Bertz CT molecular complexity index is 382. The highest BCUT2D eigenvalue weighted by Crippen LogP contribution is 2.14. The van der Waals surface area contributed by atoms with E-state index in [2.05, 4.69) is 36.5 Å². The van der Waals surface area contributed by atoms with Crippen LogP contribution in [0.3, 0.4) is 0 Å². The minimum absolute atomic E-state index is 0.270. The van der Waals surface area contributed by atoms with E-state index in [1.807, 2.05) is 12.1 Å². The predicted molar refractivity (Wildman–Crippen MR) is 70.7 cm³/mol. The first-order chi connectivity index (χ1) is 7.90. The maximum atomic E-state index is 10.9. The third kappa shape index (κ3) is 5.54. The molecule has 4 heteroatoms. The molecule has 0 saturated heterocycles. The molecule has 0 aliphatic rings. The van der Waals surface area contributed by atoms with Gasteiger partial charge >= 0.3 is 6.16 Å². The Kier molecular flexibility index (Phi) is 4.75. The highest BCUT2D eigenvalue weighted by atomic mass is 28.3. The summed E-state index contributed by atoms with van der Waals surface area (Å²) in [6.45, 7) is 7.28. The van der Waals surface area contributed by atoms with Gasteiger partial charge in [0.1, 0.15) is 6.61 Å². The van der Waals surface area contributed by atoms with Crippen LogP contribution >= 0.6 is 0 Å². The third-order valence-electron chi connectivity index (χ3n) is 2.25. The maximum absolute atomic E-state index is 10.9. The zero-order valence-electron chi connectivity index (χ0n) is 10.9. The second-order valence-electron chi connectivity index (χ2n) is 5.30. The van der Waals surface area contributed by atoms with E-state index in [1.54, 1.807) is 0 Å². The highest BCUT2D eigenvalue weighted by molar-refractivity contribution is 6.75. The number of hydrogen-bond donors (Lipinski definition) is 0. The Hall–Kier alpha value is -1.29. The lowest BCUT2D eigenvalue weighted by Gasteiger charge is -2.16. The maximum Gasteiger partial charge on any atom is 0.508 e. The van der Waals surface area contributed by atoms with E-state index < -0.39 is 14.2 Å². The van der Waals surface area contributed by atoms with E-state index in [4.69, 9.17) is 4.74 Å². The summed E-state index contributed by atoms with van der Waals surface area (Å²) < 4.78 is 9.34. The number of rotatable bonds is 4. The van der Waals surface area contributed by atoms with Gasteiger partial charge in [-0.25, -0.2) is 4.79 Å². The molecular weight excluding hydrogens is 232 g/mol. The Balaban J connectivity index is 2.63. The van der Waals surface area contributed by atoms with Gasteiger partial charge in [-0.3, -0.25) is 0 Å². The third-order valence-corrected chi connectivity index (χ3v) is 3.72. The lowest BCUT2D eigenvalue weighted by atomic mass is 10.1. The molecule has 0 amide bonds. The second-order valence-corrected chi connectivity index (χ2v) is 10.8. The van der Waals surface area contributed by atoms with Gasteiger partial charge in [-0.1, -0.05) is 49.5 Å². The van der Waals surface area contributed by atoms with Crippen molar-refractivity contribution in [2.75, 3.05) is 7.11 Å². The molecule has 0 spiro atoms. The molecule has 0 fully saturated rings. The van der Waals surface area contributed by atoms with E-state index in [0.717, 1.165) is 11.6 Å². The fraction of sp³-hybridized carbons (Fsp3) is 0.462. The van der Waals surface area contributed by atoms with Crippen molar-refractivity contribution in [1.29, 1.82) is 0 Å². The number of ether oxygens (including phenoxy) is 2. The summed E-state index contributed by atoms with van der Waals surface area (Å²) in [5.74, 6) is 0. The molecule has 1 rings (SSSR count). The van der Waals surface area contributed by atoms with Gasteiger partial charge in [0, 0.05) is 8.07 Å². The van der Waals surface area contributed by atoms with Gasteiger partial charge in [-0.15, -0.1) is 0 Å². The Morgan fingerprint density at radius 1 is 1.24 bits per heavy atom. The summed E-state index contributed by atoms with van der Waals surface area (Å²) in [5, 5.41) is 0. The van der Waals surface area contributed by atoms with Crippen molar-refractivity contribution in [3.63, 3.8) is 0 Å². The van der Waals surface area contributed by atoms with Crippen LogP contribution in [-0.4, -0.2) is 21.3 Å². The van der Waals surface area contributed by atoms with E-state index in [9.17, 15) is 4.79 Å². The van der Waals surface area contributed by atoms with Crippen molar-refractivity contribution in [1.82, 2.24) is 0 Å². The van der Waals surface area contributed by atoms with E-state index >= 15 is 0 Å². The Labute approximate surface area is 104 Å². The Morgan fingerprint density at radius 3 is 2.47 bits per heavy atom. The molecule has 17 heavy (non-hydrogen) atoms. The van der Waals surface area contributed by atoms with Gasteiger partial charge in [-0.05, 0) is 11.6 Å². The lowest BCUT2D eigenvalue weighted by Crippen LogP contribution is -2.23. The first kappa shape index (κ1) is 13.8. The predicted octanol–water partition coefficient (Wildman–Crippen LogP) is 3.39. The molecule has 0 N–H and O–H groups in total. The van der Waals surface area contributed by atoms with E-state index in [0.29, 0.717) is 0 Å². The summed E-state index contributed by atoms with van der Waals surface area (Å²) in [6, 6.07) is 9.32. The number of carbonyl (C=O) groups excluding carboxylic acids is 1. The van der Waals surface area contributed by atoms with E-state index in [1.165, 1.54) is 12.7 Å². The van der Waals surface area contributed by atoms with Crippen molar-refractivity contribution >= 4 is 14.2 Å². The number of carbonyl (C=O) groups is 1. The second kappa shape index (κ2) is 5.86. The van der Waals surface area contributed by atoms with Crippen LogP contribution in [-0.2, 0) is 22.1 Å². The molecule has 1 aromatic carbocycles. The molecule has 0 atom stereocenters. The number of benzene rings is 1. The summed E-state index contributed by atoms with van der Waals surface area (Å²) >= 11 is 0. The molecule has 0 aliphatic heterocycles. The van der Waals surface area contributed by atoms with Crippen LogP contribution < -0.4 is 0 Å². The van der Waals surface area contributed by atoms with Crippen LogP contribution in [0.25, 0.3) is 0 Å². The number of hydrogen-bond acceptors (Lipinski definition) is 3. The van der Waals surface area contributed by atoms with Crippen LogP contribution in [0, 0.1) is 0 Å². The van der Waals surface area contributed by atoms with E-state index in [-0.39, 0.29) is 6.61 Å². The van der Waals surface area contributed by atoms with Gasteiger partial charge < -0.3 is 9.47 Å².